The lowest BCUT2D eigenvalue weighted by Gasteiger charge is -2.36. The highest BCUT2D eigenvalue weighted by Crippen LogP contribution is 2.41. The first-order valence-corrected chi connectivity index (χ1v) is 12.9. The number of benzene rings is 1. The minimum atomic E-state index is 0.114. The highest BCUT2D eigenvalue weighted by molar-refractivity contribution is 7.19. The topological polar surface area (TPSA) is 62.2 Å². The molecule has 6 nitrogen and oxygen atoms in total. The summed E-state index contributed by atoms with van der Waals surface area (Å²) in [6.07, 6.45) is 8.02. The Morgan fingerprint density at radius 2 is 1.85 bits per heavy atom. The third kappa shape index (κ3) is 3.74. The number of aromatic nitrogens is 3. The SMILES string of the molecule is CCc1ccc(C(=O)N2CCN(c3nc(-c4cccnc4)nc4sc5c(c34)CCC5)CC2)cc1. The molecule has 0 spiro atoms. The van der Waals surface area contributed by atoms with Gasteiger partial charge in [-0.2, -0.15) is 0 Å². The van der Waals surface area contributed by atoms with E-state index in [1.807, 2.05) is 46.7 Å². The average molecular weight is 470 g/mol. The number of anilines is 1. The van der Waals surface area contributed by atoms with E-state index >= 15 is 0 Å². The van der Waals surface area contributed by atoms with Crippen molar-refractivity contribution in [1.29, 1.82) is 0 Å². The summed E-state index contributed by atoms with van der Waals surface area (Å²) >= 11 is 1.82. The van der Waals surface area contributed by atoms with Gasteiger partial charge >= 0.3 is 0 Å². The van der Waals surface area contributed by atoms with Crippen LogP contribution in [0.5, 0.6) is 0 Å². The van der Waals surface area contributed by atoms with Crippen molar-refractivity contribution in [1.82, 2.24) is 19.9 Å². The lowest BCUT2D eigenvalue weighted by atomic mass is 10.1. The van der Waals surface area contributed by atoms with Crippen molar-refractivity contribution < 1.29 is 4.79 Å². The molecule has 6 rings (SSSR count). The van der Waals surface area contributed by atoms with E-state index in [-0.39, 0.29) is 5.91 Å². The van der Waals surface area contributed by atoms with Gasteiger partial charge in [-0.1, -0.05) is 19.1 Å². The van der Waals surface area contributed by atoms with Gasteiger partial charge in [0.1, 0.15) is 10.6 Å². The minimum Gasteiger partial charge on any atom is -0.352 e. The Morgan fingerprint density at radius 1 is 1.03 bits per heavy atom. The standard InChI is InChI=1S/C27H27N5OS/c1-2-18-8-10-19(11-9-18)27(33)32-15-13-31(14-16-32)25-23-21-6-3-7-22(21)34-26(23)30-24(29-25)20-5-4-12-28-17-20/h4-5,8-12,17H,2-3,6-7,13-16H2,1H3. The molecular formula is C27H27N5OS. The van der Waals surface area contributed by atoms with Crippen molar-refractivity contribution in [2.45, 2.75) is 32.6 Å². The molecule has 1 aliphatic carbocycles. The van der Waals surface area contributed by atoms with Crippen molar-refractivity contribution in [3.63, 3.8) is 0 Å². The molecule has 1 saturated heterocycles. The van der Waals surface area contributed by atoms with E-state index in [9.17, 15) is 4.79 Å². The van der Waals surface area contributed by atoms with Crippen LogP contribution in [0.4, 0.5) is 5.82 Å². The molecule has 4 heterocycles. The summed E-state index contributed by atoms with van der Waals surface area (Å²) in [6.45, 7) is 5.04. The smallest absolute Gasteiger partial charge is 0.253 e. The molecule has 3 aromatic heterocycles. The van der Waals surface area contributed by atoms with Gasteiger partial charge in [0.15, 0.2) is 5.82 Å². The molecule has 0 saturated carbocycles. The van der Waals surface area contributed by atoms with Crippen molar-refractivity contribution >= 4 is 33.3 Å². The molecule has 0 radical (unpaired) electrons. The number of pyridine rings is 1. The Balaban J connectivity index is 1.30. The molecular weight excluding hydrogens is 442 g/mol. The van der Waals surface area contributed by atoms with Gasteiger partial charge in [-0.05, 0) is 61.1 Å². The summed E-state index contributed by atoms with van der Waals surface area (Å²) in [6, 6.07) is 12.0. The van der Waals surface area contributed by atoms with Crippen LogP contribution in [0.2, 0.25) is 0 Å². The second kappa shape index (κ2) is 8.80. The van der Waals surface area contributed by atoms with Crippen LogP contribution in [0, 0.1) is 0 Å². The number of fused-ring (bicyclic) bond motifs is 3. The van der Waals surface area contributed by atoms with Crippen molar-refractivity contribution in [3.8, 4) is 11.4 Å². The van der Waals surface area contributed by atoms with E-state index in [1.165, 1.54) is 27.8 Å². The van der Waals surface area contributed by atoms with Crippen molar-refractivity contribution in [3.05, 3.63) is 70.4 Å². The third-order valence-electron chi connectivity index (χ3n) is 6.94. The summed E-state index contributed by atoms with van der Waals surface area (Å²) in [5, 5.41) is 1.22. The predicted molar refractivity (Wildman–Crippen MR) is 137 cm³/mol. The molecule has 1 aliphatic heterocycles. The Kier molecular flexibility index (Phi) is 5.49. The van der Waals surface area contributed by atoms with E-state index in [1.54, 1.807) is 6.20 Å². The summed E-state index contributed by atoms with van der Waals surface area (Å²) in [5.41, 5.74) is 4.39. The fraction of sp³-hybridized carbons (Fsp3) is 0.333. The number of aryl methyl sites for hydroxylation is 3. The number of carbonyl (C=O) groups excluding carboxylic acids is 1. The number of carbonyl (C=O) groups is 1. The molecule has 34 heavy (non-hydrogen) atoms. The lowest BCUT2D eigenvalue weighted by Crippen LogP contribution is -2.49. The van der Waals surface area contributed by atoms with E-state index in [2.05, 4.69) is 28.9 Å². The summed E-state index contributed by atoms with van der Waals surface area (Å²) in [5.74, 6) is 1.86. The average Bonchev–Trinajstić information content (AvgIpc) is 3.50. The second-order valence-corrected chi connectivity index (χ2v) is 10.1. The Hall–Kier alpha value is -3.32. The minimum absolute atomic E-state index is 0.114. The molecule has 4 aromatic rings. The number of amides is 1. The molecule has 0 atom stereocenters. The largest absolute Gasteiger partial charge is 0.352 e. The fourth-order valence-corrected chi connectivity index (χ4v) is 6.27. The first-order chi connectivity index (χ1) is 16.7. The number of nitrogens with zero attached hydrogens (tertiary/aromatic N) is 5. The third-order valence-corrected chi connectivity index (χ3v) is 8.13. The van der Waals surface area contributed by atoms with Crippen LogP contribution in [-0.2, 0) is 19.3 Å². The van der Waals surface area contributed by atoms with Crippen LogP contribution in [0.3, 0.4) is 0 Å². The Labute approximate surface area is 203 Å². The van der Waals surface area contributed by atoms with Crippen LogP contribution in [0.15, 0.2) is 48.8 Å². The molecule has 1 amide bonds. The van der Waals surface area contributed by atoms with Crippen LogP contribution in [0.1, 0.15) is 39.7 Å². The first-order valence-electron chi connectivity index (χ1n) is 12.1. The fourth-order valence-electron chi connectivity index (χ4n) is 5.02. The monoisotopic (exact) mass is 469 g/mol. The molecule has 7 heteroatoms. The van der Waals surface area contributed by atoms with Crippen LogP contribution in [-0.4, -0.2) is 51.9 Å². The van der Waals surface area contributed by atoms with Gasteiger partial charge in [0, 0.05) is 54.6 Å². The Morgan fingerprint density at radius 3 is 2.59 bits per heavy atom. The normalized spacial score (nSPS) is 15.7. The maximum absolute atomic E-state index is 13.1. The first kappa shape index (κ1) is 21.2. The number of rotatable bonds is 4. The highest BCUT2D eigenvalue weighted by atomic mass is 32.1. The summed E-state index contributed by atoms with van der Waals surface area (Å²) < 4.78 is 0. The van der Waals surface area contributed by atoms with Gasteiger partial charge in [-0.25, -0.2) is 9.97 Å². The summed E-state index contributed by atoms with van der Waals surface area (Å²) in [7, 11) is 0. The second-order valence-electron chi connectivity index (χ2n) is 8.98. The van der Waals surface area contributed by atoms with E-state index in [0.717, 1.165) is 60.0 Å². The summed E-state index contributed by atoms with van der Waals surface area (Å²) in [4.78, 5) is 34.2. The zero-order chi connectivity index (χ0) is 23.1. The molecule has 1 fully saturated rings. The quantitative estimate of drug-likeness (QED) is 0.431. The zero-order valence-electron chi connectivity index (χ0n) is 19.3. The van der Waals surface area contributed by atoms with Gasteiger partial charge in [-0.3, -0.25) is 9.78 Å². The van der Waals surface area contributed by atoms with Gasteiger partial charge in [-0.15, -0.1) is 11.3 Å². The Bertz CT molecular complexity index is 1340. The molecule has 1 aromatic carbocycles. The van der Waals surface area contributed by atoms with Crippen molar-refractivity contribution in [2.75, 3.05) is 31.1 Å². The molecule has 172 valence electrons. The molecule has 0 bridgehead atoms. The number of piperazine rings is 1. The number of hydrogen-bond donors (Lipinski definition) is 0. The van der Waals surface area contributed by atoms with Gasteiger partial charge < -0.3 is 9.80 Å². The van der Waals surface area contributed by atoms with Crippen LogP contribution in [0.25, 0.3) is 21.6 Å². The van der Waals surface area contributed by atoms with Crippen LogP contribution < -0.4 is 4.90 Å². The zero-order valence-corrected chi connectivity index (χ0v) is 20.1. The lowest BCUT2D eigenvalue weighted by molar-refractivity contribution is 0.0746. The molecule has 2 aliphatic rings. The number of thiophene rings is 1. The number of hydrogen-bond acceptors (Lipinski definition) is 6. The van der Waals surface area contributed by atoms with Gasteiger partial charge in [0.25, 0.3) is 5.91 Å². The molecule has 0 unspecified atom stereocenters. The van der Waals surface area contributed by atoms with Crippen LogP contribution >= 0.6 is 11.3 Å². The van der Waals surface area contributed by atoms with E-state index < -0.39 is 0 Å². The highest BCUT2D eigenvalue weighted by Gasteiger charge is 2.28. The molecule has 0 N–H and O–H groups in total. The van der Waals surface area contributed by atoms with E-state index in [4.69, 9.17) is 9.97 Å². The van der Waals surface area contributed by atoms with Gasteiger partial charge in [0.2, 0.25) is 0 Å². The van der Waals surface area contributed by atoms with Gasteiger partial charge in [0.05, 0.1) is 5.39 Å². The van der Waals surface area contributed by atoms with E-state index in [0.29, 0.717) is 13.1 Å². The maximum Gasteiger partial charge on any atom is 0.253 e. The predicted octanol–water partition coefficient (Wildman–Crippen LogP) is 4.77. The van der Waals surface area contributed by atoms with Crippen molar-refractivity contribution in [2.24, 2.45) is 0 Å². The maximum atomic E-state index is 13.1.